The lowest BCUT2D eigenvalue weighted by Crippen LogP contribution is -2.42. The normalized spacial score (nSPS) is 17.6. The molecule has 4 nitrogen and oxygen atoms in total. The standard InChI is InChI=1S/C11H20N2O2/c1-3-4-10(14)13-7-5-9(6-8-13)11(15)12-2/h9H,3-8H2,1-2H3,(H,12,15). The molecule has 0 aromatic carbocycles. The zero-order chi connectivity index (χ0) is 11.3. The largest absolute Gasteiger partial charge is 0.359 e. The third-order valence-corrected chi connectivity index (χ3v) is 2.93. The van der Waals surface area contributed by atoms with Gasteiger partial charge >= 0.3 is 0 Å². The van der Waals surface area contributed by atoms with E-state index in [0.29, 0.717) is 6.42 Å². The first-order valence-electron chi connectivity index (χ1n) is 5.68. The second kappa shape index (κ2) is 5.73. The first kappa shape index (κ1) is 12.0. The van der Waals surface area contributed by atoms with Crippen LogP contribution in [-0.4, -0.2) is 36.9 Å². The fourth-order valence-electron chi connectivity index (χ4n) is 1.97. The van der Waals surface area contributed by atoms with Crippen LogP contribution >= 0.6 is 0 Å². The molecule has 0 aromatic heterocycles. The van der Waals surface area contributed by atoms with Gasteiger partial charge < -0.3 is 10.2 Å². The minimum absolute atomic E-state index is 0.0978. The van der Waals surface area contributed by atoms with Crippen molar-refractivity contribution < 1.29 is 9.59 Å². The van der Waals surface area contributed by atoms with Crippen LogP contribution in [-0.2, 0) is 9.59 Å². The summed E-state index contributed by atoms with van der Waals surface area (Å²) in [5, 5.41) is 2.66. The van der Waals surface area contributed by atoms with Gasteiger partial charge in [0.15, 0.2) is 0 Å². The lowest BCUT2D eigenvalue weighted by Gasteiger charge is -2.31. The number of nitrogens with one attached hydrogen (secondary N) is 1. The van der Waals surface area contributed by atoms with Gasteiger partial charge in [0.05, 0.1) is 0 Å². The van der Waals surface area contributed by atoms with Crippen LogP contribution in [0.3, 0.4) is 0 Å². The third-order valence-electron chi connectivity index (χ3n) is 2.93. The number of likely N-dealkylation sites (tertiary alicyclic amines) is 1. The van der Waals surface area contributed by atoms with Gasteiger partial charge in [0, 0.05) is 32.5 Å². The number of amides is 2. The Morgan fingerprint density at radius 3 is 2.40 bits per heavy atom. The van der Waals surface area contributed by atoms with Crippen molar-refractivity contribution in [1.29, 1.82) is 0 Å². The molecule has 1 heterocycles. The SMILES string of the molecule is CCCC(=O)N1CCC(C(=O)NC)CC1. The number of piperidine rings is 1. The molecule has 1 aliphatic heterocycles. The smallest absolute Gasteiger partial charge is 0.222 e. The van der Waals surface area contributed by atoms with E-state index in [1.54, 1.807) is 7.05 Å². The van der Waals surface area contributed by atoms with Crippen LogP contribution in [0.2, 0.25) is 0 Å². The lowest BCUT2D eigenvalue weighted by atomic mass is 9.96. The van der Waals surface area contributed by atoms with Gasteiger partial charge in [-0.1, -0.05) is 6.92 Å². The number of hydrogen-bond donors (Lipinski definition) is 1. The summed E-state index contributed by atoms with van der Waals surface area (Å²) >= 11 is 0. The molecule has 15 heavy (non-hydrogen) atoms. The summed E-state index contributed by atoms with van der Waals surface area (Å²) in [4.78, 5) is 24.8. The Labute approximate surface area is 91.0 Å². The molecule has 0 aromatic rings. The molecule has 0 bridgehead atoms. The monoisotopic (exact) mass is 212 g/mol. The van der Waals surface area contributed by atoms with Crippen LogP contribution in [0.15, 0.2) is 0 Å². The minimum atomic E-state index is 0.0978. The molecule has 0 unspecified atom stereocenters. The van der Waals surface area contributed by atoms with Gasteiger partial charge in [-0.15, -0.1) is 0 Å². The summed E-state index contributed by atoms with van der Waals surface area (Å²) in [5.41, 5.74) is 0. The highest BCUT2D eigenvalue weighted by Crippen LogP contribution is 2.17. The maximum absolute atomic E-state index is 11.6. The molecule has 86 valence electrons. The average Bonchev–Trinajstić information content (AvgIpc) is 2.28. The van der Waals surface area contributed by atoms with E-state index in [1.807, 2.05) is 11.8 Å². The third kappa shape index (κ3) is 3.22. The van der Waals surface area contributed by atoms with E-state index in [0.717, 1.165) is 32.4 Å². The molecule has 1 rings (SSSR count). The van der Waals surface area contributed by atoms with Crippen LogP contribution in [0, 0.1) is 5.92 Å². The van der Waals surface area contributed by atoms with Crippen molar-refractivity contribution >= 4 is 11.8 Å². The molecule has 4 heteroatoms. The number of carbonyl (C=O) groups is 2. The molecular weight excluding hydrogens is 192 g/mol. The Bertz CT molecular complexity index is 233. The van der Waals surface area contributed by atoms with E-state index in [1.165, 1.54) is 0 Å². The molecule has 0 atom stereocenters. The molecule has 0 aliphatic carbocycles. The van der Waals surface area contributed by atoms with Crippen molar-refractivity contribution in [2.75, 3.05) is 20.1 Å². The highest BCUT2D eigenvalue weighted by atomic mass is 16.2. The second-order valence-electron chi connectivity index (χ2n) is 4.02. The Kier molecular flexibility index (Phi) is 4.59. The van der Waals surface area contributed by atoms with Gasteiger partial charge in [-0.05, 0) is 19.3 Å². The zero-order valence-electron chi connectivity index (χ0n) is 9.58. The van der Waals surface area contributed by atoms with E-state index in [2.05, 4.69) is 5.32 Å². The fourth-order valence-corrected chi connectivity index (χ4v) is 1.97. The molecule has 0 saturated carbocycles. The summed E-state index contributed by atoms with van der Waals surface area (Å²) < 4.78 is 0. The number of hydrogen-bond acceptors (Lipinski definition) is 2. The summed E-state index contributed by atoms with van der Waals surface area (Å²) in [5.74, 6) is 0.436. The maximum atomic E-state index is 11.6. The van der Waals surface area contributed by atoms with Crippen molar-refractivity contribution in [2.45, 2.75) is 32.6 Å². The molecule has 0 radical (unpaired) electrons. The topological polar surface area (TPSA) is 49.4 Å². The zero-order valence-corrected chi connectivity index (χ0v) is 9.58. The van der Waals surface area contributed by atoms with Gasteiger partial charge in [-0.25, -0.2) is 0 Å². The van der Waals surface area contributed by atoms with Crippen molar-refractivity contribution in [2.24, 2.45) is 5.92 Å². The first-order valence-corrected chi connectivity index (χ1v) is 5.68. The Morgan fingerprint density at radius 1 is 1.33 bits per heavy atom. The fraction of sp³-hybridized carbons (Fsp3) is 0.818. The van der Waals surface area contributed by atoms with E-state index in [-0.39, 0.29) is 17.7 Å². The minimum Gasteiger partial charge on any atom is -0.359 e. The molecule has 1 saturated heterocycles. The molecule has 1 N–H and O–H groups in total. The number of carbonyl (C=O) groups excluding carboxylic acids is 2. The van der Waals surface area contributed by atoms with Gasteiger partial charge in [-0.3, -0.25) is 9.59 Å². The molecule has 1 fully saturated rings. The van der Waals surface area contributed by atoms with E-state index < -0.39 is 0 Å². The Morgan fingerprint density at radius 2 is 1.93 bits per heavy atom. The van der Waals surface area contributed by atoms with Crippen LogP contribution in [0.25, 0.3) is 0 Å². The van der Waals surface area contributed by atoms with Crippen LogP contribution < -0.4 is 5.32 Å². The Hall–Kier alpha value is -1.06. The summed E-state index contributed by atoms with van der Waals surface area (Å²) in [6, 6.07) is 0. The average molecular weight is 212 g/mol. The molecule has 0 spiro atoms. The van der Waals surface area contributed by atoms with Gasteiger partial charge in [0.2, 0.25) is 11.8 Å². The lowest BCUT2D eigenvalue weighted by molar-refractivity contribution is -0.135. The number of nitrogens with zero attached hydrogens (tertiary/aromatic N) is 1. The van der Waals surface area contributed by atoms with Crippen LogP contribution in [0.1, 0.15) is 32.6 Å². The molecular formula is C11H20N2O2. The molecule has 1 aliphatic rings. The Balaban J connectivity index is 2.35. The summed E-state index contributed by atoms with van der Waals surface area (Å²) in [6.07, 6.45) is 3.13. The van der Waals surface area contributed by atoms with E-state index in [4.69, 9.17) is 0 Å². The van der Waals surface area contributed by atoms with Gasteiger partial charge in [-0.2, -0.15) is 0 Å². The first-order chi connectivity index (χ1) is 7.19. The maximum Gasteiger partial charge on any atom is 0.222 e. The highest BCUT2D eigenvalue weighted by molar-refractivity contribution is 5.79. The van der Waals surface area contributed by atoms with Crippen molar-refractivity contribution in [3.63, 3.8) is 0 Å². The van der Waals surface area contributed by atoms with Gasteiger partial charge in [0.25, 0.3) is 0 Å². The van der Waals surface area contributed by atoms with Crippen LogP contribution in [0.5, 0.6) is 0 Å². The van der Waals surface area contributed by atoms with E-state index in [9.17, 15) is 9.59 Å². The highest BCUT2D eigenvalue weighted by Gasteiger charge is 2.25. The van der Waals surface area contributed by atoms with Gasteiger partial charge in [0.1, 0.15) is 0 Å². The summed E-state index contributed by atoms with van der Waals surface area (Å²) in [6.45, 7) is 3.48. The van der Waals surface area contributed by atoms with Crippen molar-refractivity contribution in [3.05, 3.63) is 0 Å². The predicted molar refractivity (Wildman–Crippen MR) is 58.3 cm³/mol. The van der Waals surface area contributed by atoms with Crippen molar-refractivity contribution in [3.8, 4) is 0 Å². The number of rotatable bonds is 3. The summed E-state index contributed by atoms with van der Waals surface area (Å²) in [7, 11) is 1.66. The second-order valence-corrected chi connectivity index (χ2v) is 4.02. The van der Waals surface area contributed by atoms with Crippen LogP contribution in [0.4, 0.5) is 0 Å². The quantitative estimate of drug-likeness (QED) is 0.751. The predicted octanol–water partition coefficient (Wildman–Crippen LogP) is 0.771. The van der Waals surface area contributed by atoms with E-state index >= 15 is 0 Å². The molecule has 2 amide bonds. The van der Waals surface area contributed by atoms with Crippen molar-refractivity contribution in [1.82, 2.24) is 10.2 Å².